The van der Waals surface area contributed by atoms with Crippen molar-refractivity contribution in [1.29, 1.82) is 0 Å². The van der Waals surface area contributed by atoms with Gasteiger partial charge in [-0.2, -0.15) is 0 Å². The molecule has 0 bridgehead atoms. The number of benzene rings is 1. The zero-order chi connectivity index (χ0) is 14.0. The molecule has 0 heterocycles. The Kier molecular flexibility index (Phi) is 4.21. The molecule has 0 spiro atoms. The molecule has 1 fully saturated rings. The lowest BCUT2D eigenvalue weighted by Crippen LogP contribution is -2.35. The molecule has 4 heteroatoms. The van der Waals surface area contributed by atoms with Gasteiger partial charge in [-0.15, -0.1) is 0 Å². The van der Waals surface area contributed by atoms with Gasteiger partial charge in [0.15, 0.2) is 11.6 Å². The molecule has 0 saturated heterocycles. The summed E-state index contributed by atoms with van der Waals surface area (Å²) in [6, 6.07) is 3.93. The van der Waals surface area contributed by atoms with Crippen LogP contribution in [0.15, 0.2) is 18.2 Å². The number of rotatable bonds is 4. The van der Waals surface area contributed by atoms with Gasteiger partial charge in [0.05, 0.1) is 6.10 Å². The Balaban J connectivity index is 2.31. The van der Waals surface area contributed by atoms with Crippen molar-refractivity contribution >= 4 is 0 Å². The van der Waals surface area contributed by atoms with Gasteiger partial charge in [-0.25, -0.2) is 8.78 Å². The van der Waals surface area contributed by atoms with Gasteiger partial charge in [0.2, 0.25) is 0 Å². The predicted molar refractivity (Wildman–Crippen MR) is 70.4 cm³/mol. The number of aliphatic hydroxyl groups excluding tert-OH is 1. The molecule has 1 aliphatic rings. The van der Waals surface area contributed by atoms with Crippen LogP contribution >= 0.6 is 0 Å². The summed E-state index contributed by atoms with van der Waals surface area (Å²) in [6.07, 6.45) is 2.52. The Hall–Kier alpha value is -1.00. The molecule has 106 valence electrons. The highest BCUT2D eigenvalue weighted by atomic mass is 19.2. The van der Waals surface area contributed by atoms with Gasteiger partial charge in [-0.05, 0) is 31.2 Å². The van der Waals surface area contributed by atoms with E-state index in [2.05, 4.69) is 6.92 Å². The fraction of sp³-hybridized carbons (Fsp3) is 0.600. The predicted octanol–water partition coefficient (Wildman–Crippen LogP) is 3.15. The van der Waals surface area contributed by atoms with Crippen LogP contribution in [-0.4, -0.2) is 11.7 Å². The molecule has 3 N–H and O–H groups in total. The normalized spacial score (nSPS) is 28.6. The first kappa shape index (κ1) is 14.4. The summed E-state index contributed by atoms with van der Waals surface area (Å²) in [7, 11) is 0. The topological polar surface area (TPSA) is 46.2 Å². The number of halogens is 2. The lowest BCUT2D eigenvalue weighted by Gasteiger charge is -2.34. The molecule has 2 rings (SSSR count). The molecule has 1 aliphatic carbocycles. The fourth-order valence-electron chi connectivity index (χ4n) is 3.23. The first-order valence-corrected chi connectivity index (χ1v) is 6.86. The summed E-state index contributed by atoms with van der Waals surface area (Å²) >= 11 is 0. The van der Waals surface area contributed by atoms with Gasteiger partial charge in [0.1, 0.15) is 0 Å². The van der Waals surface area contributed by atoms with Gasteiger partial charge in [-0.3, -0.25) is 0 Å². The number of hydrogen-bond acceptors (Lipinski definition) is 2. The van der Waals surface area contributed by atoms with Gasteiger partial charge in [-0.1, -0.05) is 25.5 Å². The fourth-order valence-corrected chi connectivity index (χ4v) is 3.23. The molecule has 2 nitrogen and oxygen atoms in total. The van der Waals surface area contributed by atoms with E-state index in [4.69, 9.17) is 5.73 Å². The van der Waals surface area contributed by atoms with Crippen molar-refractivity contribution in [2.45, 2.75) is 38.7 Å². The highest BCUT2D eigenvalue weighted by molar-refractivity contribution is 5.24. The molecule has 0 aromatic heterocycles. The Morgan fingerprint density at radius 3 is 2.79 bits per heavy atom. The second-order valence-electron chi connectivity index (χ2n) is 5.63. The molecule has 0 aliphatic heterocycles. The Morgan fingerprint density at radius 1 is 1.47 bits per heavy atom. The van der Waals surface area contributed by atoms with Crippen molar-refractivity contribution in [1.82, 2.24) is 0 Å². The third-order valence-corrected chi connectivity index (χ3v) is 4.59. The van der Waals surface area contributed by atoms with E-state index in [1.54, 1.807) is 0 Å². The maximum absolute atomic E-state index is 13.8. The molecule has 0 amide bonds. The Labute approximate surface area is 112 Å². The summed E-state index contributed by atoms with van der Waals surface area (Å²) in [5.41, 5.74) is 5.35. The van der Waals surface area contributed by atoms with Gasteiger partial charge in [0.25, 0.3) is 0 Å². The molecular formula is C15H21F2NO. The minimum absolute atomic E-state index is 0.0298. The van der Waals surface area contributed by atoms with Crippen molar-refractivity contribution in [3.8, 4) is 0 Å². The lowest BCUT2D eigenvalue weighted by molar-refractivity contribution is 0.0269. The molecule has 0 radical (unpaired) electrons. The minimum atomic E-state index is -1.04. The van der Waals surface area contributed by atoms with Crippen LogP contribution in [-0.2, 0) is 0 Å². The average molecular weight is 269 g/mol. The van der Waals surface area contributed by atoms with E-state index in [1.807, 2.05) is 0 Å². The summed E-state index contributed by atoms with van der Waals surface area (Å²) in [6.45, 7) is 2.40. The van der Waals surface area contributed by atoms with Crippen LogP contribution in [0.25, 0.3) is 0 Å². The lowest BCUT2D eigenvalue weighted by atomic mass is 9.76. The second kappa shape index (κ2) is 5.55. The van der Waals surface area contributed by atoms with Crippen molar-refractivity contribution in [2.24, 2.45) is 17.1 Å². The van der Waals surface area contributed by atoms with Crippen LogP contribution in [0.1, 0.15) is 44.3 Å². The van der Waals surface area contributed by atoms with Crippen LogP contribution in [0.4, 0.5) is 8.78 Å². The van der Waals surface area contributed by atoms with Crippen molar-refractivity contribution in [3.63, 3.8) is 0 Å². The van der Waals surface area contributed by atoms with Crippen LogP contribution in [0.3, 0.4) is 0 Å². The van der Waals surface area contributed by atoms with Crippen molar-refractivity contribution < 1.29 is 13.9 Å². The highest BCUT2D eigenvalue weighted by Crippen LogP contribution is 2.50. The summed E-state index contributed by atoms with van der Waals surface area (Å²) < 4.78 is 27.1. The third-order valence-electron chi connectivity index (χ3n) is 4.59. The van der Waals surface area contributed by atoms with E-state index >= 15 is 0 Å². The second-order valence-corrected chi connectivity index (χ2v) is 5.63. The zero-order valence-electron chi connectivity index (χ0n) is 11.2. The zero-order valence-corrected chi connectivity index (χ0v) is 11.2. The summed E-state index contributed by atoms with van der Waals surface area (Å²) in [5.74, 6) is -1.37. The third kappa shape index (κ3) is 2.51. The van der Waals surface area contributed by atoms with Gasteiger partial charge >= 0.3 is 0 Å². The van der Waals surface area contributed by atoms with Crippen molar-refractivity contribution in [3.05, 3.63) is 35.4 Å². The standard InChI is InChI=1S/C15H21F2NO/c1-2-10-6-7-15(8-10,9-18)14(19)11-4-3-5-12(16)13(11)17/h3-5,10,14,19H,2,6-9,18H2,1H3. The van der Waals surface area contributed by atoms with Gasteiger partial charge in [0, 0.05) is 17.5 Å². The van der Waals surface area contributed by atoms with E-state index in [0.29, 0.717) is 12.5 Å². The van der Waals surface area contributed by atoms with Crippen LogP contribution < -0.4 is 5.73 Å². The van der Waals surface area contributed by atoms with Crippen LogP contribution in [0, 0.1) is 23.0 Å². The molecule has 1 aromatic rings. The molecular weight excluding hydrogens is 248 g/mol. The number of aliphatic hydroxyl groups is 1. The Bertz CT molecular complexity index is 452. The maximum atomic E-state index is 13.8. The number of hydrogen-bond donors (Lipinski definition) is 2. The first-order valence-electron chi connectivity index (χ1n) is 6.86. The van der Waals surface area contributed by atoms with E-state index in [1.165, 1.54) is 12.1 Å². The monoisotopic (exact) mass is 269 g/mol. The van der Waals surface area contributed by atoms with E-state index in [0.717, 1.165) is 31.7 Å². The van der Waals surface area contributed by atoms with Crippen LogP contribution in [0.5, 0.6) is 0 Å². The molecule has 1 saturated carbocycles. The number of nitrogens with two attached hydrogens (primary N) is 1. The largest absolute Gasteiger partial charge is 0.388 e. The smallest absolute Gasteiger partial charge is 0.164 e. The molecule has 1 aromatic carbocycles. The van der Waals surface area contributed by atoms with Gasteiger partial charge < -0.3 is 10.8 Å². The Morgan fingerprint density at radius 2 is 2.21 bits per heavy atom. The van der Waals surface area contributed by atoms with Crippen LogP contribution in [0.2, 0.25) is 0 Å². The van der Waals surface area contributed by atoms with E-state index in [-0.39, 0.29) is 5.56 Å². The highest BCUT2D eigenvalue weighted by Gasteiger charge is 2.44. The first-order chi connectivity index (χ1) is 9.04. The summed E-state index contributed by atoms with van der Waals surface area (Å²) in [4.78, 5) is 0. The summed E-state index contributed by atoms with van der Waals surface area (Å²) in [5, 5.41) is 10.5. The molecule has 19 heavy (non-hydrogen) atoms. The molecule has 3 unspecified atom stereocenters. The van der Waals surface area contributed by atoms with Crippen molar-refractivity contribution in [2.75, 3.05) is 6.54 Å². The SMILES string of the molecule is CCC1CCC(CN)(C(O)c2cccc(F)c2F)C1. The minimum Gasteiger partial charge on any atom is -0.388 e. The maximum Gasteiger partial charge on any atom is 0.164 e. The average Bonchev–Trinajstić information content (AvgIpc) is 2.86. The quantitative estimate of drug-likeness (QED) is 0.882. The van der Waals surface area contributed by atoms with E-state index in [9.17, 15) is 13.9 Å². The van der Waals surface area contributed by atoms with E-state index < -0.39 is 23.2 Å². The molecule has 3 atom stereocenters.